The molecule has 0 atom stereocenters. The summed E-state index contributed by atoms with van der Waals surface area (Å²) in [5.74, 6) is -0.932. The largest absolute Gasteiger partial charge is 0.478 e. The number of carbonyl (C=O) groups is 1. The minimum absolute atomic E-state index is 0.269. The SMILES string of the molecule is CCc1cc(C(=O)O)cc(Sc2nc3ccccc3s2)n1. The van der Waals surface area contributed by atoms with E-state index in [1.54, 1.807) is 23.5 Å². The molecule has 0 aliphatic rings. The Hall–Kier alpha value is -1.92. The number of thiazole rings is 1. The number of aromatic carboxylic acids is 1. The number of fused-ring (bicyclic) bond motifs is 1. The number of carboxylic acids is 1. The van der Waals surface area contributed by atoms with Crippen LogP contribution in [-0.2, 0) is 6.42 Å². The summed E-state index contributed by atoms with van der Waals surface area (Å²) in [5, 5.41) is 9.83. The maximum atomic E-state index is 11.2. The first-order valence-electron chi connectivity index (χ1n) is 6.43. The van der Waals surface area contributed by atoms with Gasteiger partial charge in [0.2, 0.25) is 0 Å². The van der Waals surface area contributed by atoms with E-state index in [1.165, 1.54) is 11.8 Å². The molecule has 3 rings (SSSR count). The van der Waals surface area contributed by atoms with E-state index >= 15 is 0 Å². The predicted molar refractivity (Wildman–Crippen MR) is 84.3 cm³/mol. The van der Waals surface area contributed by atoms with E-state index in [-0.39, 0.29) is 5.56 Å². The zero-order valence-electron chi connectivity index (χ0n) is 11.2. The highest BCUT2D eigenvalue weighted by atomic mass is 32.2. The molecule has 0 spiro atoms. The van der Waals surface area contributed by atoms with Crippen molar-refractivity contribution in [3.63, 3.8) is 0 Å². The van der Waals surface area contributed by atoms with Gasteiger partial charge in [-0.25, -0.2) is 14.8 Å². The number of carboxylic acid groups (broad SMARTS) is 1. The van der Waals surface area contributed by atoms with Crippen LogP contribution in [0.1, 0.15) is 23.0 Å². The molecule has 1 N–H and O–H groups in total. The summed E-state index contributed by atoms with van der Waals surface area (Å²) < 4.78 is 1.98. The van der Waals surface area contributed by atoms with Crippen LogP contribution in [0.5, 0.6) is 0 Å². The summed E-state index contributed by atoms with van der Waals surface area (Å²) in [6, 6.07) is 11.1. The second-order valence-corrected chi connectivity index (χ2v) is 6.69. The highest BCUT2D eigenvalue weighted by Gasteiger charge is 2.11. The van der Waals surface area contributed by atoms with Crippen molar-refractivity contribution in [1.29, 1.82) is 0 Å². The lowest BCUT2D eigenvalue weighted by Gasteiger charge is -2.03. The Labute approximate surface area is 129 Å². The van der Waals surface area contributed by atoms with Crippen LogP contribution >= 0.6 is 23.1 Å². The van der Waals surface area contributed by atoms with Gasteiger partial charge in [-0.3, -0.25) is 0 Å². The second-order valence-electron chi connectivity index (χ2n) is 4.39. The Kier molecular flexibility index (Phi) is 3.90. The summed E-state index contributed by atoms with van der Waals surface area (Å²) in [7, 11) is 0. The lowest BCUT2D eigenvalue weighted by Crippen LogP contribution is -2.00. The summed E-state index contributed by atoms with van der Waals surface area (Å²) in [6.45, 7) is 1.96. The van der Waals surface area contributed by atoms with Crippen LogP contribution in [0.3, 0.4) is 0 Å². The quantitative estimate of drug-likeness (QED) is 0.785. The molecule has 0 unspecified atom stereocenters. The van der Waals surface area contributed by atoms with Crippen LogP contribution in [0, 0.1) is 0 Å². The highest BCUT2D eigenvalue weighted by Crippen LogP contribution is 2.33. The smallest absolute Gasteiger partial charge is 0.335 e. The van der Waals surface area contributed by atoms with Gasteiger partial charge in [0.25, 0.3) is 0 Å². The van der Waals surface area contributed by atoms with Crippen molar-refractivity contribution in [2.24, 2.45) is 0 Å². The van der Waals surface area contributed by atoms with Crippen LogP contribution in [0.2, 0.25) is 0 Å². The van der Waals surface area contributed by atoms with Gasteiger partial charge in [-0.1, -0.05) is 19.1 Å². The van der Waals surface area contributed by atoms with Gasteiger partial charge in [0.15, 0.2) is 4.34 Å². The normalized spacial score (nSPS) is 10.9. The summed E-state index contributed by atoms with van der Waals surface area (Å²) in [4.78, 5) is 20.2. The number of aromatic nitrogens is 2. The molecular formula is C15H12N2O2S2. The first-order valence-corrected chi connectivity index (χ1v) is 8.06. The maximum absolute atomic E-state index is 11.2. The van der Waals surface area contributed by atoms with Crippen LogP contribution < -0.4 is 0 Å². The number of rotatable bonds is 4. The van der Waals surface area contributed by atoms with Crippen molar-refractivity contribution in [2.45, 2.75) is 22.7 Å². The molecule has 4 nitrogen and oxygen atoms in total. The third-order valence-corrected chi connectivity index (χ3v) is 4.95. The average Bonchev–Trinajstić information content (AvgIpc) is 2.88. The number of para-hydroxylation sites is 1. The zero-order valence-corrected chi connectivity index (χ0v) is 12.9. The van der Waals surface area contributed by atoms with Gasteiger partial charge in [-0.2, -0.15) is 0 Å². The molecule has 0 bridgehead atoms. The van der Waals surface area contributed by atoms with E-state index in [4.69, 9.17) is 5.11 Å². The van der Waals surface area contributed by atoms with E-state index in [2.05, 4.69) is 9.97 Å². The Morgan fingerprint density at radius 3 is 2.81 bits per heavy atom. The Balaban J connectivity index is 1.96. The Morgan fingerprint density at radius 2 is 2.10 bits per heavy atom. The molecule has 0 saturated heterocycles. The van der Waals surface area contributed by atoms with Gasteiger partial charge in [0.05, 0.1) is 15.8 Å². The predicted octanol–water partition coefficient (Wildman–Crippen LogP) is 4.10. The molecule has 3 aromatic rings. The van der Waals surface area contributed by atoms with E-state index in [0.29, 0.717) is 11.4 Å². The summed E-state index contributed by atoms with van der Waals surface area (Å²) in [5.41, 5.74) is 2.00. The van der Waals surface area contributed by atoms with Crippen molar-refractivity contribution < 1.29 is 9.90 Å². The highest BCUT2D eigenvalue weighted by molar-refractivity contribution is 8.01. The first-order chi connectivity index (χ1) is 10.2. The van der Waals surface area contributed by atoms with Crippen molar-refractivity contribution in [2.75, 3.05) is 0 Å². The van der Waals surface area contributed by atoms with Crippen LogP contribution in [0.15, 0.2) is 45.8 Å². The molecule has 0 fully saturated rings. The van der Waals surface area contributed by atoms with Gasteiger partial charge in [-0.15, -0.1) is 11.3 Å². The molecule has 0 radical (unpaired) electrons. The molecule has 6 heteroatoms. The topological polar surface area (TPSA) is 63.1 Å². The maximum Gasteiger partial charge on any atom is 0.335 e. The van der Waals surface area contributed by atoms with E-state index in [0.717, 1.165) is 20.3 Å². The van der Waals surface area contributed by atoms with Gasteiger partial charge in [0.1, 0.15) is 5.03 Å². The molecule has 0 saturated carbocycles. The van der Waals surface area contributed by atoms with Crippen molar-refractivity contribution >= 4 is 39.3 Å². The number of pyridine rings is 1. The van der Waals surface area contributed by atoms with Crippen LogP contribution in [0.25, 0.3) is 10.2 Å². The lowest BCUT2D eigenvalue weighted by atomic mass is 10.2. The lowest BCUT2D eigenvalue weighted by molar-refractivity contribution is 0.0696. The molecule has 2 heterocycles. The fourth-order valence-electron chi connectivity index (χ4n) is 1.90. The molecular weight excluding hydrogens is 304 g/mol. The van der Waals surface area contributed by atoms with Gasteiger partial charge >= 0.3 is 5.97 Å². The summed E-state index contributed by atoms with van der Waals surface area (Å²) in [6.07, 6.45) is 0.703. The van der Waals surface area contributed by atoms with Crippen molar-refractivity contribution in [3.8, 4) is 0 Å². The number of hydrogen-bond acceptors (Lipinski definition) is 5. The van der Waals surface area contributed by atoms with E-state index in [9.17, 15) is 4.79 Å². The molecule has 1 aromatic carbocycles. The molecule has 106 valence electrons. The van der Waals surface area contributed by atoms with E-state index in [1.807, 2.05) is 31.2 Å². The van der Waals surface area contributed by atoms with Gasteiger partial charge in [-0.05, 0) is 42.4 Å². The third kappa shape index (κ3) is 3.06. The summed E-state index contributed by atoms with van der Waals surface area (Å²) >= 11 is 2.99. The van der Waals surface area contributed by atoms with Crippen molar-refractivity contribution in [3.05, 3.63) is 47.7 Å². The fourth-order valence-corrected chi connectivity index (χ4v) is 3.96. The standard InChI is InChI=1S/C15H12N2O2S2/c1-2-10-7-9(14(18)19)8-13(16-10)21-15-17-11-5-3-4-6-12(11)20-15/h3-8H,2H2,1H3,(H,18,19). The minimum Gasteiger partial charge on any atom is -0.478 e. The molecule has 21 heavy (non-hydrogen) atoms. The van der Waals surface area contributed by atoms with Crippen LogP contribution in [-0.4, -0.2) is 21.0 Å². The first kappa shape index (κ1) is 14.0. The molecule has 0 aliphatic heterocycles. The fraction of sp³-hybridized carbons (Fsp3) is 0.133. The average molecular weight is 316 g/mol. The molecule has 2 aromatic heterocycles. The Morgan fingerprint density at radius 1 is 1.29 bits per heavy atom. The molecule has 0 aliphatic carbocycles. The Bertz CT molecular complexity index is 781. The number of hydrogen-bond donors (Lipinski definition) is 1. The zero-order chi connectivity index (χ0) is 14.8. The van der Waals surface area contributed by atoms with Crippen molar-refractivity contribution in [1.82, 2.24) is 9.97 Å². The third-order valence-electron chi connectivity index (χ3n) is 2.93. The second kappa shape index (κ2) is 5.83. The number of benzene rings is 1. The minimum atomic E-state index is -0.932. The van der Waals surface area contributed by atoms with E-state index < -0.39 is 5.97 Å². The van der Waals surface area contributed by atoms with Gasteiger partial charge in [0, 0.05) is 5.69 Å². The van der Waals surface area contributed by atoms with Crippen LogP contribution in [0.4, 0.5) is 0 Å². The number of nitrogens with zero attached hydrogens (tertiary/aromatic N) is 2. The molecule has 0 amide bonds. The monoisotopic (exact) mass is 316 g/mol. The number of aryl methyl sites for hydroxylation is 1. The van der Waals surface area contributed by atoms with Gasteiger partial charge < -0.3 is 5.11 Å².